The molecule has 0 bridgehead atoms. The minimum atomic E-state index is -2.07. The molecular weight excluding hydrogens is 957 g/mol. The number of benzene rings is 6. The van der Waals surface area contributed by atoms with E-state index in [2.05, 4.69) is 6.58 Å². The SMILES string of the molecule is C=CCOC[C@H]1O[C@@H](O[C@H]2[C@H](OC(=O)c3ccccc3)[C@@H](OC(=O)c3ccccc3)[C@H](O)O[C@@H]2COC(=O)c2ccccc2)[C@H](OC(=O)c2ccccc2)[C@@H](OC(=O)c2ccccc2)[C@H]1OC(=O)c1ccccc1. The van der Waals surface area contributed by atoms with Gasteiger partial charge in [0.2, 0.25) is 0 Å². The zero-order chi connectivity index (χ0) is 51.8. The maximum absolute atomic E-state index is 14.3. The first kappa shape index (κ1) is 52.0. The highest BCUT2D eigenvalue weighted by molar-refractivity contribution is 5.92. The molecule has 2 aliphatic heterocycles. The Bertz CT molecular complexity index is 2820. The Morgan fingerprint density at radius 1 is 0.405 bits per heavy atom. The van der Waals surface area contributed by atoms with Crippen LogP contribution in [0.4, 0.5) is 0 Å². The van der Waals surface area contributed by atoms with Gasteiger partial charge in [0, 0.05) is 0 Å². The summed E-state index contributed by atoms with van der Waals surface area (Å²) in [6.07, 6.45) is -16.4. The molecule has 17 nitrogen and oxygen atoms in total. The monoisotopic (exact) mass is 1010 g/mol. The van der Waals surface area contributed by atoms with Crippen LogP contribution in [0.3, 0.4) is 0 Å². The van der Waals surface area contributed by atoms with E-state index >= 15 is 0 Å². The molecule has 10 atom stereocenters. The molecule has 0 amide bonds. The van der Waals surface area contributed by atoms with Crippen LogP contribution in [0.15, 0.2) is 195 Å². The van der Waals surface area contributed by atoms with Gasteiger partial charge in [0.1, 0.15) is 24.9 Å². The van der Waals surface area contributed by atoms with E-state index < -0.39 is 104 Å². The molecule has 0 spiro atoms. The van der Waals surface area contributed by atoms with E-state index in [4.69, 9.17) is 47.4 Å². The first-order valence-electron chi connectivity index (χ1n) is 23.4. The van der Waals surface area contributed by atoms with Crippen LogP contribution >= 0.6 is 0 Å². The topological polar surface area (TPSA) is 215 Å². The molecule has 0 saturated carbocycles. The van der Waals surface area contributed by atoms with Crippen molar-refractivity contribution in [2.45, 2.75) is 61.4 Å². The quantitative estimate of drug-likeness (QED) is 0.0374. The van der Waals surface area contributed by atoms with E-state index in [-0.39, 0.29) is 46.6 Å². The molecule has 1 N–H and O–H groups in total. The second kappa shape index (κ2) is 25.4. The van der Waals surface area contributed by atoms with E-state index in [0.717, 1.165) is 0 Å². The largest absolute Gasteiger partial charge is 0.459 e. The van der Waals surface area contributed by atoms with Gasteiger partial charge in [-0.3, -0.25) is 0 Å². The summed E-state index contributed by atoms with van der Waals surface area (Å²) in [6.45, 7) is 2.58. The fourth-order valence-corrected chi connectivity index (χ4v) is 8.04. The van der Waals surface area contributed by atoms with Crippen molar-refractivity contribution in [2.24, 2.45) is 0 Å². The molecule has 0 radical (unpaired) electrons. The summed E-state index contributed by atoms with van der Waals surface area (Å²) >= 11 is 0. The normalized spacial score (nSPS) is 23.2. The molecule has 380 valence electrons. The summed E-state index contributed by atoms with van der Waals surface area (Å²) in [5.74, 6) is -5.57. The molecule has 0 aromatic heterocycles. The molecule has 0 aliphatic carbocycles. The molecule has 74 heavy (non-hydrogen) atoms. The summed E-state index contributed by atoms with van der Waals surface area (Å²) in [7, 11) is 0. The maximum atomic E-state index is 14.3. The molecular formula is C57H50O17. The number of aliphatic hydroxyl groups is 1. The summed E-state index contributed by atoms with van der Waals surface area (Å²) < 4.78 is 61.9. The van der Waals surface area contributed by atoms with Crippen LogP contribution in [0.5, 0.6) is 0 Å². The molecule has 2 aliphatic rings. The Balaban J connectivity index is 1.26. The Morgan fingerprint density at radius 3 is 1.12 bits per heavy atom. The molecule has 6 aromatic carbocycles. The number of aliphatic hydroxyl groups excluding tert-OH is 1. The Labute approximate surface area is 425 Å². The Hall–Kier alpha value is -8.32. The number of hydrogen-bond acceptors (Lipinski definition) is 17. The second-order valence-electron chi connectivity index (χ2n) is 16.7. The maximum Gasteiger partial charge on any atom is 0.338 e. The van der Waals surface area contributed by atoms with Gasteiger partial charge in [-0.2, -0.15) is 0 Å². The molecule has 0 unspecified atom stereocenters. The molecule has 17 heteroatoms. The fourth-order valence-electron chi connectivity index (χ4n) is 8.04. The van der Waals surface area contributed by atoms with Gasteiger partial charge in [-0.05, 0) is 72.8 Å². The number of carbonyl (C=O) groups is 6. The minimum absolute atomic E-state index is 0.0334. The zero-order valence-electron chi connectivity index (χ0n) is 39.5. The molecule has 2 heterocycles. The zero-order valence-corrected chi connectivity index (χ0v) is 39.5. The first-order valence-corrected chi connectivity index (χ1v) is 23.4. The molecule has 2 fully saturated rings. The van der Waals surface area contributed by atoms with Gasteiger partial charge in [-0.1, -0.05) is 115 Å². The minimum Gasteiger partial charge on any atom is -0.459 e. The average Bonchev–Trinajstić information content (AvgIpc) is 3.44. The highest BCUT2D eigenvalue weighted by Gasteiger charge is 2.58. The van der Waals surface area contributed by atoms with E-state index in [9.17, 15) is 33.9 Å². The van der Waals surface area contributed by atoms with Crippen LogP contribution in [0, 0.1) is 0 Å². The van der Waals surface area contributed by atoms with E-state index in [1.807, 2.05) is 0 Å². The van der Waals surface area contributed by atoms with Crippen LogP contribution in [0.1, 0.15) is 62.1 Å². The third-order valence-corrected chi connectivity index (χ3v) is 11.7. The van der Waals surface area contributed by atoms with Crippen molar-refractivity contribution >= 4 is 35.8 Å². The summed E-state index contributed by atoms with van der Waals surface area (Å²) in [5, 5.41) is 11.8. The Kier molecular flexibility index (Phi) is 17.8. The predicted molar refractivity (Wildman–Crippen MR) is 260 cm³/mol. The Morgan fingerprint density at radius 2 is 0.730 bits per heavy atom. The van der Waals surface area contributed by atoms with Crippen LogP contribution in [0.2, 0.25) is 0 Å². The number of ether oxygens (including phenoxy) is 10. The lowest BCUT2D eigenvalue weighted by atomic mass is 9.95. The highest BCUT2D eigenvalue weighted by atomic mass is 16.8. The number of carbonyl (C=O) groups excluding carboxylic acids is 6. The second-order valence-corrected chi connectivity index (χ2v) is 16.7. The smallest absolute Gasteiger partial charge is 0.338 e. The lowest BCUT2D eigenvalue weighted by molar-refractivity contribution is -0.352. The number of hydrogen-bond donors (Lipinski definition) is 1. The fraction of sp³-hybridized carbons (Fsp3) is 0.228. The first-order chi connectivity index (χ1) is 36.1. The van der Waals surface area contributed by atoms with Crippen molar-refractivity contribution in [3.05, 3.63) is 228 Å². The van der Waals surface area contributed by atoms with Gasteiger partial charge < -0.3 is 52.5 Å². The lowest BCUT2D eigenvalue weighted by Crippen LogP contribution is -2.67. The van der Waals surface area contributed by atoms with E-state index in [1.165, 1.54) is 78.9 Å². The van der Waals surface area contributed by atoms with Crippen molar-refractivity contribution in [1.29, 1.82) is 0 Å². The van der Waals surface area contributed by atoms with Gasteiger partial charge in [0.25, 0.3) is 0 Å². The third-order valence-electron chi connectivity index (χ3n) is 11.7. The molecule has 2 saturated heterocycles. The highest BCUT2D eigenvalue weighted by Crippen LogP contribution is 2.36. The molecule has 8 rings (SSSR count). The van der Waals surface area contributed by atoms with Crippen molar-refractivity contribution in [3.8, 4) is 0 Å². The molecule has 6 aromatic rings. The van der Waals surface area contributed by atoms with Crippen LogP contribution < -0.4 is 0 Å². The van der Waals surface area contributed by atoms with Gasteiger partial charge >= 0.3 is 35.8 Å². The van der Waals surface area contributed by atoms with Gasteiger partial charge in [-0.15, -0.1) is 6.58 Å². The van der Waals surface area contributed by atoms with Crippen LogP contribution in [-0.2, 0) is 47.4 Å². The van der Waals surface area contributed by atoms with E-state index in [1.54, 1.807) is 109 Å². The summed E-state index contributed by atoms with van der Waals surface area (Å²) in [6, 6.07) is 46.9. The van der Waals surface area contributed by atoms with Crippen LogP contribution in [-0.4, -0.2) is 122 Å². The van der Waals surface area contributed by atoms with Crippen LogP contribution in [0.25, 0.3) is 0 Å². The predicted octanol–water partition coefficient (Wildman–Crippen LogP) is 7.00. The third kappa shape index (κ3) is 13.2. The number of rotatable bonds is 19. The van der Waals surface area contributed by atoms with Crippen molar-refractivity contribution in [3.63, 3.8) is 0 Å². The standard InChI is InChI=1S/C57H50O17/c1-2-33-65-34-42-44(69-51(59)37-23-11-4-12-24-37)47(71-53(61)39-27-15-6-16-28-39)49(73-55(63)41-31-19-8-20-32-41)57(68-42)74-45-43(35-66-50(58)36-21-9-3-10-22-36)67-56(64)48(72-54(62)40-29-17-7-18-30-40)46(45)70-52(60)38-25-13-5-14-26-38/h2-32,42-49,56-57,64H,1,33-35H2/t42-,43-,44+,45-,46+,47+,48-,49-,56-,57+/m1/s1. The van der Waals surface area contributed by atoms with Gasteiger partial charge in [0.15, 0.2) is 43.1 Å². The van der Waals surface area contributed by atoms with E-state index in [0.29, 0.717) is 0 Å². The summed E-state index contributed by atoms with van der Waals surface area (Å²) in [4.78, 5) is 84.2. The van der Waals surface area contributed by atoms with Gasteiger partial charge in [-0.25, -0.2) is 28.8 Å². The number of esters is 6. The van der Waals surface area contributed by atoms with Crippen molar-refractivity contribution in [1.82, 2.24) is 0 Å². The van der Waals surface area contributed by atoms with Crippen molar-refractivity contribution in [2.75, 3.05) is 19.8 Å². The summed E-state index contributed by atoms with van der Waals surface area (Å²) in [5.41, 5.74) is 0.426. The lowest BCUT2D eigenvalue weighted by Gasteiger charge is -2.48. The average molecular weight is 1010 g/mol. The van der Waals surface area contributed by atoms with Crippen molar-refractivity contribution < 1.29 is 81.2 Å². The van der Waals surface area contributed by atoms with Gasteiger partial charge in [0.05, 0.1) is 46.6 Å².